The lowest BCUT2D eigenvalue weighted by molar-refractivity contribution is -0.384. The van der Waals surface area contributed by atoms with Gasteiger partial charge in [0.2, 0.25) is 0 Å². The number of benzene rings is 2. The maximum Gasteiger partial charge on any atom is 0.269 e. The molecule has 0 saturated carbocycles. The van der Waals surface area contributed by atoms with Crippen LogP contribution in [-0.4, -0.2) is 16.9 Å². The Labute approximate surface area is 136 Å². The van der Waals surface area contributed by atoms with Crippen molar-refractivity contribution in [3.05, 3.63) is 73.2 Å². The predicted octanol–water partition coefficient (Wildman–Crippen LogP) is 4.64. The van der Waals surface area contributed by atoms with Gasteiger partial charge in [0.05, 0.1) is 4.92 Å². The Balaban J connectivity index is 2.10. The molecule has 0 aliphatic rings. The highest BCUT2D eigenvalue weighted by molar-refractivity contribution is 9.10. The van der Waals surface area contributed by atoms with Gasteiger partial charge in [0.1, 0.15) is 0 Å². The van der Waals surface area contributed by atoms with E-state index < -0.39 is 4.92 Å². The molecule has 0 heterocycles. The summed E-state index contributed by atoms with van der Waals surface area (Å²) in [5.41, 5.74) is 1.97. The van der Waals surface area contributed by atoms with Crippen LogP contribution in [0.15, 0.2) is 46.9 Å². The van der Waals surface area contributed by atoms with Crippen LogP contribution in [0, 0.1) is 10.1 Å². The summed E-state index contributed by atoms with van der Waals surface area (Å²) in [7, 11) is 1.95. The smallest absolute Gasteiger partial charge is 0.269 e. The molecule has 2 rings (SSSR count). The van der Waals surface area contributed by atoms with Crippen molar-refractivity contribution in [2.75, 3.05) is 7.05 Å². The van der Waals surface area contributed by atoms with Gasteiger partial charge in [-0.2, -0.15) is 0 Å². The molecule has 0 unspecified atom stereocenters. The summed E-state index contributed by atoms with van der Waals surface area (Å²) in [4.78, 5) is 12.5. The molecule has 0 aromatic heterocycles. The molecule has 110 valence electrons. The second-order valence-corrected chi connectivity index (χ2v) is 6.16. The van der Waals surface area contributed by atoms with Crippen molar-refractivity contribution in [2.24, 2.45) is 0 Å². The number of nitrogens with zero attached hydrogens (tertiary/aromatic N) is 2. The van der Waals surface area contributed by atoms with Crippen molar-refractivity contribution in [3.63, 3.8) is 0 Å². The summed E-state index contributed by atoms with van der Waals surface area (Å²) in [5.74, 6) is 0. The first-order valence-electron chi connectivity index (χ1n) is 6.31. The third-order valence-electron chi connectivity index (χ3n) is 3.02. The zero-order valence-corrected chi connectivity index (χ0v) is 13.8. The zero-order chi connectivity index (χ0) is 15.4. The van der Waals surface area contributed by atoms with Gasteiger partial charge in [-0.1, -0.05) is 39.7 Å². The van der Waals surface area contributed by atoms with Gasteiger partial charge in [-0.15, -0.1) is 0 Å². The number of nitro benzene ring substituents is 1. The van der Waals surface area contributed by atoms with Crippen LogP contribution in [0.5, 0.6) is 0 Å². The first kappa shape index (κ1) is 15.9. The number of rotatable bonds is 5. The summed E-state index contributed by atoms with van der Waals surface area (Å²) in [6.07, 6.45) is 0. The van der Waals surface area contributed by atoms with E-state index in [9.17, 15) is 10.1 Å². The number of hydrogen-bond donors (Lipinski definition) is 0. The number of non-ortho nitro benzene ring substituents is 1. The van der Waals surface area contributed by atoms with E-state index in [2.05, 4.69) is 20.8 Å². The standard InChI is InChI=1S/C15H14BrClN2O2/c1-18(9-11-3-2-4-13(16)7-11)10-12-8-14(19(20)21)5-6-15(12)17/h2-8H,9-10H2,1H3. The van der Waals surface area contributed by atoms with Crippen molar-refractivity contribution in [1.29, 1.82) is 0 Å². The van der Waals surface area contributed by atoms with Crippen LogP contribution in [0.3, 0.4) is 0 Å². The van der Waals surface area contributed by atoms with E-state index >= 15 is 0 Å². The average molecular weight is 370 g/mol. The van der Waals surface area contributed by atoms with Crippen molar-refractivity contribution in [2.45, 2.75) is 13.1 Å². The Morgan fingerprint density at radius 1 is 1.24 bits per heavy atom. The predicted molar refractivity (Wildman–Crippen MR) is 87.4 cm³/mol. The third kappa shape index (κ3) is 4.52. The summed E-state index contributed by atoms with van der Waals surface area (Å²) < 4.78 is 1.03. The molecular weight excluding hydrogens is 356 g/mol. The van der Waals surface area contributed by atoms with E-state index in [1.54, 1.807) is 6.07 Å². The van der Waals surface area contributed by atoms with Crippen molar-refractivity contribution < 1.29 is 4.92 Å². The van der Waals surface area contributed by atoms with Gasteiger partial charge in [-0.3, -0.25) is 15.0 Å². The molecule has 4 nitrogen and oxygen atoms in total. The first-order chi connectivity index (χ1) is 9.95. The van der Waals surface area contributed by atoms with E-state index in [-0.39, 0.29) is 5.69 Å². The molecule has 6 heteroatoms. The summed E-state index contributed by atoms with van der Waals surface area (Å²) in [5, 5.41) is 11.4. The third-order valence-corrected chi connectivity index (χ3v) is 3.88. The van der Waals surface area contributed by atoms with Crippen LogP contribution in [0.2, 0.25) is 5.02 Å². The van der Waals surface area contributed by atoms with Gasteiger partial charge in [0.15, 0.2) is 0 Å². The molecule has 0 aliphatic carbocycles. The molecule has 0 bridgehead atoms. The Hall–Kier alpha value is -1.43. The fourth-order valence-corrected chi connectivity index (χ4v) is 2.71. The van der Waals surface area contributed by atoms with Gasteiger partial charge in [0.25, 0.3) is 5.69 Å². The number of hydrogen-bond acceptors (Lipinski definition) is 3. The van der Waals surface area contributed by atoms with Crippen LogP contribution in [0.4, 0.5) is 5.69 Å². The highest BCUT2D eigenvalue weighted by atomic mass is 79.9. The quantitative estimate of drug-likeness (QED) is 0.569. The fourth-order valence-electron chi connectivity index (χ4n) is 2.09. The molecule has 2 aromatic rings. The van der Waals surface area contributed by atoms with Gasteiger partial charge >= 0.3 is 0 Å². The van der Waals surface area contributed by atoms with Crippen LogP contribution in [-0.2, 0) is 13.1 Å². The normalized spacial score (nSPS) is 10.9. The van der Waals surface area contributed by atoms with E-state index in [1.165, 1.54) is 12.1 Å². The van der Waals surface area contributed by atoms with Crippen LogP contribution < -0.4 is 0 Å². The van der Waals surface area contributed by atoms with E-state index in [1.807, 2.05) is 31.3 Å². The SMILES string of the molecule is CN(Cc1cccc(Br)c1)Cc1cc([N+](=O)[O-])ccc1Cl. The lowest BCUT2D eigenvalue weighted by Crippen LogP contribution is -2.17. The molecule has 0 fully saturated rings. The highest BCUT2D eigenvalue weighted by Crippen LogP contribution is 2.23. The number of nitro groups is 1. The van der Waals surface area contributed by atoms with E-state index in [0.29, 0.717) is 11.6 Å². The highest BCUT2D eigenvalue weighted by Gasteiger charge is 2.11. The van der Waals surface area contributed by atoms with Gasteiger partial charge in [-0.25, -0.2) is 0 Å². The molecule has 0 saturated heterocycles. The van der Waals surface area contributed by atoms with Gasteiger partial charge < -0.3 is 0 Å². The second kappa shape index (κ2) is 7.02. The Morgan fingerprint density at radius 3 is 2.67 bits per heavy atom. The largest absolute Gasteiger partial charge is 0.298 e. The molecule has 0 atom stereocenters. The zero-order valence-electron chi connectivity index (χ0n) is 11.4. The van der Waals surface area contributed by atoms with E-state index in [4.69, 9.17) is 11.6 Å². The van der Waals surface area contributed by atoms with Crippen molar-refractivity contribution in [1.82, 2.24) is 4.90 Å². The van der Waals surface area contributed by atoms with Gasteiger partial charge in [0, 0.05) is 34.7 Å². The molecule has 2 aromatic carbocycles. The molecule has 0 spiro atoms. The summed E-state index contributed by atoms with van der Waals surface area (Å²) >= 11 is 9.56. The maximum atomic E-state index is 10.8. The lowest BCUT2D eigenvalue weighted by atomic mass is 10.1. The monoisotopic (exact) mass is 368 g/mol. The maximum absolute atomic E-state index is 10.8. The minimum atomic E-state index is -0.409. The van der Waals surface area contributed by atoms with Crippen molar-refractivity contribution >= 4 is 33.2 Å². The molecule has 0 radical (unpaired) electrons. The van der Waals surface area contributed by atoms with E-state index in [0.717, 1.165) is 22.1 Å². The lowest BCUT2D eigenvalue weighted by Gasteiger charge is -2.17. The molecular formula is C15H14BrClN2O2. The topological polar surface area (TPSA) is 46.4 Å². The summed E-state index contributed by atoms with van der Waals surface area (Å²) in [6.45, 7) is 1.28. The fraction of sp³-hybridized carbons (Fsp3) is 0.200. The first-order valence-corrected chi connectivity index (χ1v) is 7.48. The van der Waals surface area contributed by atoms with Gasteiger partial charge in [-0.05, 0) is 36.4 Å². The average Bonchev–Trinajstić information content (AvgIpc) is 2.41. The Bertz CT molecular complexity index is 664. The van der Waals surface area contributed by atoms with Crippen LogP contribution >= 0.6 is 27.5 Å². The second-order valence-electron chi connectivity index (χ2n) is 4.84. The van der Waals surface area contributed by atoms with Crippen LogP contribution in [0.1, 0.15) is 11.1 Å². The van der Waals surface area contributed by atoms with Crippen molar-refractivity contribution in [3.8, 4) is 0 Å². The minimum absolute atomic E-state index is 0.0604. The minimum Gasteiger partial charge on any atom is -0.298 e. The molecule has 0 aliphatic heterocycles. The molecule has 0 amide bonds. The van der Waals surface area contributed by atoms with Crippen LogP contribution in [0.25, 0.3) is 0 Å². The molecule has 21 heavy (non-hydrogen) atoms. The Morgan fingerprint density at radius 2 is 2.00 bits per heavy atom. The molecule has 0 N–H and O–H groups in total. The Kier molecular flexibility index (Phi) is 5.33. The summed E-state index contributed by atoms with van der Waals surface area (Å²) in [6, 6.07) is 12.6. The number of halogens is 2.